The largest absolute Gasteiger partial charge is 0.484 e. The first-order valence-electron chi connectivity index (χ1n) is 11.1. The highest BCUT2D eigenvalue weighted by Gasteiger charge is 2.34. The average Bonchev–Trinajstić information content (AvgIpc) is 3.23. The third-order valence-corrected chi connectivity index (χ3v) is 5.91. The third kappa shape index (κ3) is 4.15. The molecule has 7 heteroatoms. The summed E-state index contributed by atoms with van der Waals surface area (Å²) >= 11 is 0. The van der Waals surface area contributed by atoms with Gasteiger partial charge in [0.25, 0.3) is 5.91 Å². The van der Waals surface area contributed by atoms with Crippen LogP contribution in [0.2, 0.25) is 0 Å². The van der Waals surface area contributed by atoms with Gasteiger partial charge in [-0.2, -0.15) is 5.10 Å². The molecule has 0 saturated carbocycles. The number of nitrogens with zero attached hydrogens (tertiary/aromatic N) is 2. The number of aryl methyl sites for hydroxylation is 1. The Balaban J connectivity index is 1.63. The van der Waals surface area contributed by atoms with Crippen molar-refractivity contribution in [3.05, 3.63) is 95.6 Å². The zero-order valence-corrected chi connectivity index (χ0v) is 18.7. The Labute approximate surface area is 197 Å². The highest BCUT2D eigenvalue weighted by atomic mass is 16.5. The van der Waals surface area contributed by atoms with Crippen LogP contribution in [0.25, 0.3) is 16.9 Å². The number of nitrogens with two attached hydrogens (primary N) is 1. The molecule has 2 amide bonds. The maximum atomic E-state index is 12.8. The molecule has 2 heterocycles. The van der Waals surface area contributed by atoms with Gasteiger partial charge in [-0.1, -0.05) is 60.2 Å². The number of ether oxygens (including phenoxy) is 1. The van der Waals surface area contributed by atoms with Gasteiger partial charge in [0.2, 0.25) is 5.91 Å². The second kappa shape index (κ2) is 8.86. The van der Waals surface area contributed by atoms with E-state index in [1.165, 1.54) is 0 Å². The van der Waals surface area contributed by atoms with Gasteiger partial charge in [0.05, 0.1) is 11.4 Å². The molecule has 1 atom stereocenters. The van der Waals surface area contributed by atoms with Gasteiger partial charge >= 0.3 is 0 Å². The van der Waals surface area contributed by atoms with Gasteiger partial charge in [0, 0.05) is 23.5 Å². The van der Waals surface area contributed by atoms with E-state index < -0.39 is 5.91 Å². The van der Waals surface area contributed by atoms with Crippen LogP contribution < -0.4 is 15.8 Å². The van der Waals surface area contributed by atoms with Crippen LogP contribution in [0.3, 0.4) is 0 Å². The van der Waals surface area contributed by atoms with Crippen molar-refractivity contribution in [2.75, 3.05) is 11.9 Å². The van der Waals surface area contributed by atoms with Crippen molar-refractivity contribution < 1.29 is 14.3 Å². The number of primary amides is 1. The number of benzene rings is 3. The van der Waals surface area contributed by atoms with E-state index in [1.54, 1.807) is 12.1 Å². The highest BCUT2D eigenvalue weighted by Crippen LogP contribution is 2.44. The van der Waals surface area contributed by atoms with E-state index in [0.717, 1.165) is 33.6 Å². The molecule has 34 heavy (non-hydrogen) atoms. The second-order valence-electron chi connectivity index (χ2n) is 8.35. The fourth-order valence-corrected chi connectivity index (χ4v) is 4.27. The predicted octanol–water partition coefficient (Wildman–Crippen LogP) is 4.19. The Morgan fingerprint density at radius 2 is 1.76 bits per heavy atom. The molecule has 7 nitrogen and oxygen atoms in total. The topological polar surface area (TPSA) is 99.2 Å². The minimum Gasteiger partial charge on any atom is -0.484 e. The molecule has 3 N–H and O–H groups in total. The number of aromatic nitrogens is 2. The zero-order chi connectivity index (χ0) is 23.7. The molecule has 0 unspecified atom stereocenters. The molecule has 1 aromatic heterocycles. The summed E-state index contributed by atoms with van der Waals surface area (Å²) < 4.78 is 7.21. The Bertz CT molecular complexity index is 1340. The summed E-state index contributed by atoms with van der Waals surface area (Å²) in [5.41, 5.74) is 10.9. The monoisotopic (exact) mass is 452 g/mol. The molecule has 0 aliphatic carbocycles. The lowest BCUT2D eigenvalue weighted by Crippen LogP contribution is -2.25. The van der Waals surface area contributed by atoms with Gasteiger partial charge in [-0.05, 0) is 36.8 Å². The lowest BCUT2D eigenvalue weighted by atomic mass is 9.84. The third-order valence-electron chi connectivity index (χ3n) is 5.91. The molecule has 0 fully saturated rings. The summed E-state index contributed by atoms with van der Waals surface area (Å²) in [6.45, 7) is 1.85. The Morgan fingerprint density at radius 3 is 2.44 bits per heavy atom. The van der Waals surface area contributed by atoms with E-state index in [9.17, 15) is 9.59 Å². The molecule has 0 spiro atoms. The number of fused-ring (bicyclic) bond motifs is 1. The predicted molar refractivity (Wildman–Crippen MR) is 130 cm³/mol. The van der Waals surface area contributed by atoms with Gasteiger partial charge in [-0.3, -0.25) is 9.59 Å². The fourth-order valence-electron chi connectivity index (χ4n) is 4.27. The normalized spacial score (nSPS) is 14.9. The van der Waals surface area contributed by atoms with Crippen LogP contribution in [0.4, 0.5) is 5.82 Å². The summed E-state index contributed by atoms with van der Waals surface area (Å²) in [7, 11) is 0. The Morgan fingerprint density at radius 1 is 1.06 bits per heavy atom. The van der Waals surface area contributed by atoms with E-state index in [-0.39, 0.29) is 18.4 Å². The molecule has 3 aromatic carbocycles. The summed E-state index contributed by atoms with van der Waals surface area (Å²) in [5, 5.41) is 8.03. The molecule has 1 aliphatic heterocycles. The van der Waals surface area contributed by atoms with E-state index in [4.69, 9.17) is 15.6 Å². The van der Waals surface area contributed by atoms with Crippen molar-refractivity contribution in [2.45, 2.75) is 19.3 Å². The molecule has 0 bridgehead atoms. The number of anilines is 1. The lowest BCUT2D eigenvalue weighted by Gasteiger charge is -2.25. The van der Waals surface area contributed by atoms with Crippen molar-refractivity contribution in [1.29, 1.82) is 0 Å². The summed E-state index contributed by atoms with van der Waals surface area (Å²) in [5.74, 6) is 0.427. The van der Waals surface area contributed by atoms with E-state index in [0.29, 0.717) is 18.0 Å². The van der Waals surface area contributed by atoms with Crippen molar-refractivity contribution in [1.82, 2.24) is 9.78 Å². The number of hydrogen-bond donors (Lipinski definition) is 2. The smallest absolute Gasteiger partial charge is 0.255 e. The summed E-state index contributed by atoms with van der Waals surface area (Å²) in [6.07, 6.45) is 0.300. The molecule has 0 radical (unpaired) electrons. The van der Waals surface area contributed by atoms with Gasteiger partial charge in [0.1, 0.15) is 11.6 Å². The first-order chi connectivity index (χ1) is 16.5. The van der Waals surface area contributed by atoms with Gasteiger partial charge in [-0.15, -0.1) is 0 Å². The van der Waals surface area contributed by atoms with Crippen molar-refractivity contribution in [2.24, 2.45) is 5.73 Å². The van der Waals surface area contributed by atoms with E-state index in [2.05, 4.69) is 5.32 Å². The summed E-state index contributed by atoms with van der Waals surface area (Å²) in [4.78, 5) is 23.8. The van der Waals surface area contributed by atoms with Crippen LogP contribution in [0.1, 0.15) is 29.0 Å². The lowest BCUT2D eigenvalue weighted by molar-refractivity contribution is -0.120. The minimum absolute atomic E-state index is 0.0700. The minimum atomic E-state index is -0.534. The second-order valence-corrected chi connectivity index (χ2v) is 8.35. The average molecular weight is 453 g/mol. The van der Waals surface area contributed by atoms with Gasteiger partial charge in [0.15, 0.2) is 6.61 Å². The number of carbonyl (C=O) groups excluding carboxylic acids is 2. The standard InChI is InChI=1S/C27H24N4O3/c1-17-7-11-20(12-8-17)31-27-25(26(30-31)19-5-3-2-4-6-19)22(15-24(33)29-27)18-9-13-21(14-10-18)34-16-23(28)32/h2-14,22H,15-16H2,1H3,(H2,28,32)(H,29,33)/t22-/m0/s1. The van der Waals surface area contributed by atoms with Crippen molar-refractivity contribution in [3.63, 3.8) is 0 Å². The molecular formula is C27H24N4O3. The SMILES string of the molecule is Cc1ccc(-n2nc(-c3ccccc3)c3c2NC(=O)C[C@H]3c2ccc(OCC(N)=O)cc2)cc1. The summed E-state index contributed by atoms with van der Waals surface area (Å²) in [6, 6.07) is 25.4. The van der Waals surface area contributed by atoms with Gasteiger partial charge < -0.3 is 15.8 Å². The number of hydrogen-bond acceptors (Lipinski definition) is 4. The zero-order valence-electron chi connectivity index (χ0n) is 18.7. The van der Waals surface area contributed by atoms with E-state index in [1.807, 2.05) is 78.3 Å². The maximum Gasteiger partial charge on any atom is 0.255 e. The van der Waals surface area contributed by atoms with E-state index >= 15 is 0 Å². The number of rotatable bonds is 6. The fraction of sp³-hybridized carbons (Fsp3) is 0.148. The van der Waals surface area contributed by atoms with Crippen LogP contribution in [-0.2, 0) is 9.59 Å². The first-order valence-corrected chi connectivity index (χ1v) is 11.1. The van der Waals surface area contributed by atoms with Crippen molar-refractivity contribution >= 4 is 17.6 Å². The molecule has 0 saturated heterocycles. The number of amides is 2. The van der Waals surface area contributed by atoms with Crippen LogP contribution in [-0.4, -0.2) is 28.2 Å². The molecular weight excluding hydrogens is 428 g/mol. The first kappa shape index (κ1) is 21.5. The number of carbonyl (C=O) groups is 2. The number of nitrogens with one attached hydrogen (secondary N) is 1. The molecule has 4 aromatic rings. The van der Waals surface area contributed by atoms with Crippen LogP contribution in [0.5, 0.6) is 5.75 Å². The molecule has 5 rings (SSSR count). The van der Waals surface area contributed by atoms with Crippen LogP contribution in [0.15, 0.2) is 78.9 Å². The Kier molecular flexibility index (Phi) is 5.59. The van der Waals surface area contributed by atoms with Gasteiger partial charge in [-0.25, -0.2) is 4.68 Å². The highest BCUT2D eigenvalue weighted by molar-refractivity contribution is 5.96. The van der Waals surface area contributed by atoms with Crippen molar-refractivity contribution in [3.8, 4) is 22.7 Å². The quantitative estimate of drug-likeness (QED) is 0.458. The molecule has 1 aliphatic rings. The maximum absolute atomic E-state index is 12.8. The van der Waals surface area contributed by atoms with Crippen LogP contribution in [0, 0.1) is 6.92 Å². The molecule has 170 valence electrons. The van der Waals surface area contributed by atoms with Crippen LogP contribution >= 0.6 is 0 Å². The Hall–Kier alpha value is -4.39.